The van der Waals surface area contributed by atoms with Gasteiger partial charge in [0.1, 0.15) is 0 Å². The Labute approximate surface area is 114 Å². The van der Waals surface area contributed by atoms with Crippen molar-refractivity contribution in [2.75, 3.05) is 13.1 Å². The van der Waals surface area contributed by atoms with Crippen molar-refractivity contribution in [1.82, 2.24) is 4.90 Å². The summed E-state index contributed by atoms with van der Waals surface area (Å²) in [6.07, 6.45) is 5.88. The first-order chi connectivity index (χ1) is 9.31. The molecule has 1 aromatic carbocycles. The first kappa shape index (κ1) is 12.7. The number of carbonyl (C=O) groups is 1. The monoisotopic (exact) mass is 258 g/mol. The highest BCUT2D eigenvalue weighted by atomic mass is 16.2. The second-order valence-corrected chi connectivity index (χ2v) is 5.70. The lowest BCUT2D eigenvalue weighted by molar-refractivity contribution is -0.130. The van der Waals surface area contributed by atoms with Crippen molar-refractivity contribution in [2.24, 2.45) is 5.73 Å². The zero-order valence-corrected chi connectivity index (χ0v) is 11.3. The quantitative estimate of drug-likeness (QED) is 0.882. The molecule has 2 atom stereocenters. The SMILES string of the molecule is NCC(=O)N1CCC[C@H]1[C@@H]1CCCc2ccccc21. The summed E-state index contributed by atoms with van der Waals surface area (Å²) in [6, 6.07) is 9.12. The normalized spacial score (nSPS) is 26.3. The third-order valence-electron chi connectivity index (χ3n) is 4.67. The van der Waals surface area contributed by atoms with Gasteiger partial charge in [-0.3, -0.25) is 4.79 Å². The lowest BCUT2D eigenvalue weighted by atomic mass is 9.78. The van der Waals surface area contributed by atoms with Crippen molar-refractivity contribution in [3.05, 3.63) is 35.4 Å². The molecule has 0 unspecified atom stereocenters. The molecular formula is C16H22N2O. The van der Waals surface area contributed by atoms with Crippen LogP contribution < -0.4 is 5.73 Å². The van der Waals surface area contributed by atoms with Crippen LogP contribution in [0.2, 0.25) is 0 Å². The van der Waals surface area contributed by atoms with Gasteiger partial charge in [-0.25, -0.2) is 0 Å². The van der Waals surface area contributed by atoms with E-state index in [9.17, 15) is 4.79 Å². The maximum absolute atomic E-state index is 12.0. The van der Waals surface area contributed by atoms with Crippen LogP contribution in [0.25, 0.3) is 0 Å². The first-order valence-corrected chi connectivity index (χ1v) is 7.38. The Balaban J connectivity index is 1.88. The highest BCUT2D eigenvalue weighted by Gasteiger charge is 2.36. The maximum atomic E-state index is 12.0. The van der Waals surface area contributed by atoms with Crippen LogP contribution in [0.4, 0.5) is 0 Å². The van der Waals surface area contributed by atoms with Gasteiger partial charge in [0.25, 0.3) is 0 Å². The van der Waals surface area contributed by atoms with E-state index < -0.39 is 0 Å². The maximum Gasteiger partial charge on any atom is 0.236 e. The number of carbonyl (C=O) groups excluding carboxylic acids is 1. The molecule has 19 heavy (non-hydrogen) atoms. The molecule has 2 N–H and O–H groups in total. The van der Waals surface area contributed by atoms with Gasteiger partial charge in [-0.05, 0) is 43.2 Å². The molecule has 1 saturated heterocycles. The summed E-state index contributed by atoms with van der Waals surface area (Å²) in [5, 5.41) is 0. The van der Waals surface area contributed by atoms with Crippen molar-refractivity contribution in [2.45, 2.75) is 44.1 Å². The number of aryl methyl sites for hydroxylation is 1. The zero-order chi connectivity index (χ0) is 13.2. The molecule has 3 nitrogen and oxygen atoms in total. The molecule has 0 saturated carbocycles. The Morgan fingerprint density at radius 1 is 1.26 bits per heavy atom. The molecule has 0 bridgehead atoms. The van der Waals surface area contributed by atoms with Crippen molar-refractivity contribution in [3.8, 4) is 0 Å². The molecule has 3 heteroatoms. The zero-order valence-electron chi connectivity index (χ0n) is 11.3. The van der Waals surface area contributed by atoms with E-state index in [-0.39, 0.29) is 12.5 Å². The van der Waals surface area contributed by atoms with Gasteiger partial charge < -0.3 is 10.6 Å². The van der Waals surface area contributed by atoms with E-state index in [0.29, 0.717) is 12.0 Å². The van der Waals surface area contributed by atoms with Gasteiger partial charge in [0.2, 0.25) is 5.91 Å². The van der Waals surface area contributed by atoms with Crippen molar-refractivity contribution in [3.63, 3.8) is 0 Å². The number of nitrogens with two attached hydrogens (primary N) is 1. The molecule has 2 aliphatic rings. The van der Waals surface area contributed by atoms with E-state index in [0.717, 1.165) is 19.4 Å². The minimum atomic E-state index is 0.116. The number of benzene rings is 1. The van der Waals surface area contributed by atoms with Crippen LogP contribution >= 0.6 is 0 Å². The summed E-state index contributed by atoms with van der Waals surface area (Å²) in [5.74, 6) is 0.633. The molecule has 3 rings (SSSR count). The van der Waals surface area contributed by atoms with Gasteiger partial charge in [-0.15, -0.1) is 0 Å². The van der Waals surface area contributed by atoms with Gasteiger partial charge in [-0.1, -0.05) is 24.3 Å². The Kier molecular flexibility index (Phi) is 3.56. The molecule has 0 spiro atoms. The number of nitrogens with zero attached hydrogens (tertiary/aromatic N) is 1. The molecular weight excluding hydrogens is 236 g/mol. The van der Waals surface area contributed by atoms with Crippen LogP contribution in [0.3, 0.4) is 0 Å². The number of rotatable bonds is 2. The van der Waals surface area contributed by atoms with Crippen molar-refractivity contribution < 1.29 is 4.79 Å². The van der Waals surface area contributed by atoms with Crippen LogP contribution in [-0.2, 0) is 11.2 Å². The first-order valence-electron chi connectivity index (χ1n) is 7.38. The summed E-state index contributed by atoms with van der Waals surface area (Å²) in [6.45, 7) is 1.03. The number of amides is 1. The van der Waals surface area contributed by atoms with E-state index in [1.54, 1.807) is 0 Å². The Morgan fingerprint density at radius 3 is 2.95 bits per heavy atom. The Bertz CT molecular complexity index is 472. The van der Waals surface area contributed by atoms with Gasteiger partial charge in [0.15, 0.2) is 0 Å². The molecule has 1 aliphatic heterocycles. The van der Waals surface area contributed by atoms with E-state index >= 15 is 0 Å². The third kappa shape index (κ3) is 2.27. The van der Waals surface area contributed by atoms with E-state index in [1.807, 2.05) is 4.90 Å². The molecule has 1 aromatic rings. The predicted molar refractivity (Wildman–Crippen MR) is 75.9 cm³/mol. The van der Waals surface area contributed by atoms with Gasteiger partial charge in [0.05, 0.1) is 6.54 Å². The average molecular weight is 258 g/mol. The minimum Gasteiger partial charge on any atom is -0.338 e. The predicted octanol–water partition coefficient (Wildman–Crippen LogP) is 2.06. The fourth-order valence-electron chi connectivity index (χ4n) is 3.83. The number of likely N-dealkylation sites (tertiary alicyclic amines) is 1. The average Bonchev–Trinajstić information content (AvgIpc) is 2.95. The standard InChI is InChI=1S/C16H22N2O/c17-11-16(19)18-10-4-9-15(18)14-8-3-6-12-5-1-2-7-13(12)14/h1-2,5,7,14-15H,3-4,6,8-11,17H2/t14-,15+/m1/s1. The molecule has 1 aliphatic carbocycles. The molecule has 1 fully saturated rings. The largest absolute Gasteiger partial charge is 0.338 e. The summed E-state index contributed by atoms with van der Waals surface area (Å²) < 4.78 is 0. The Hall–Kier alpha value is -1.35. The second-order valence-electron chi connectivity index (χ2n) is 5.70. The van der Waals surface area contributed by atoms with Crippen molar-refractivity contribution in [1.29, 1.82) is 0 Å². The number of hydrogen-bond acceptors (Lipinski definition) is 2. The van der Waals surface area contributed by atoms with E-state index in [4.69, 9.17) is 5.73 Å². The lowest BCUT2D eigenvalue weighted by Gasteiger charge is -2.35. The Morgan fingerprint density at radius 2 is 2.11 bits per heavy atom. The molecule has 0 aromatic heterocycles. The fraction of sp³-hybridized carbons (Fsp3) is 0.562. The van der Waals surface area contributed by atoms with Gasteiger partial charge in [-0.2, -0.15) is 0 Å². The number of hydrogen-bond donors (Lipinski definition) is 1. The molecule has 0 radical (unpaired) electrons. The summed E-state index contributed by atoms with van der Waals surface area (Å²) in [4.78, 5) is 14.0. The van der Waals surface area contributed by atoms with E-state index in [1.165, 1.54) is 30.4 Å². The van der Waals surface area contributed by atoms with Gasteiger partial charge in [0, 0.05) is 18.5 Å². The second kappa shape index (κ2) is 5.33. The molecule has 1 amide bonds. The number of fused-ring (bicyclic) bond motifs is 1. The van der Waals surface area contributed by atoms with Gasteiger partial charge >= 0.3 is 0 Å². The lowest BCUT2D eigenvalue weighted by Crippen LogP contribution is -2.43. The smallest absolute Gasteiger partial charge is 0.236 e. The minimum absolute atomic E-state index is 0.116. The summed E-state index contributed by atoms with van der Waals surface area (Å²) in [5.41, 5.74) is 8.49. The van der Waals surface area contributed by atoms with Crippen LogP contribution in [0.5, 0.6) is 0 Å². The topological polar surface area (TPSA) is 46.3 Å². The van der Waals surface area contributed by atoms with Crippen LogP contribution in [0.1, 0.15) is 42.7 Å². The highest BCUT2D eigenvalue weighted by molar-refractivity contribution is 5.78. The summed E-state index contributed by atoms with van der Waals surface area (Å²) >= 11 is 0. The van der Waals surface area contributed by atoms with Crippen LogP contribution in [0, 0.1) is 0 Å². The highest BCUT2D eigenvalue weighted by Crippen LogP contribution is 2.39. The van der Waals surface area contributed by atoms with E-state index in [2.05, 4.69) is 24.3 Å². The molecule has 102 valence electrons. The third-order valence-corrected chi connectivity index (χ3v) is 4.67. The summed E-state index contributed by atoms with van der Waals surface area (Å²) in [7, 11) is 0. The van der Waals surface area contributed by atoms with Crippen LogP contribution in [0.15, 0.2) is 24.3 Å². The molecule has 1 heterocycles. The van der Waals surface area contributed by atoms with Crippen LogP contribution in [-0.4, -0.2) is 29.9 Å². The fourth-order valence-corrected chi connectivity index (χ4v) is 3.83. The van der Waals surface area contributed by atoms with Crippen molar-refractivity contribution >= 4 is 5.91 Å².